The van der Waals surface area contributed by atoms with E-state index in [1.807, 2.05) is 98.8 Å². The predicted molar refractivity (Wildman–Crippen MR) is 194 cm³/mol. The van der Waals surface area contributed by atoms with Gasteiger partial charge in [-0.3, -0.25) is 30.0 Å². The average Bonchev–Trinajstić information content (AvgIpc) is 3.57. The fourth-order valence-electron chi connectivity index (χ4n) is 5.28. The number of nitrogens with one attached hydrogen (secondary N) is 4. The van der Waals surface area contributed by atoms with Crippen LogP contribution in [0.5, 0.6) is 5.75 Å². The second-order valence-electron chi connectivity index (χ2n) is 10.6. The molecule has 4 aromatic carbocycles. The van der Waals surface area contributed by atoms with Crippen molar-refractivity contribution in [3.8, 4) is 28.3 Å². The zero-order valence-electron chi connectivity index (χ0n) is 23.7. The van der Waals surface area contributed by atoms with Crippen LogP contribution in [0, 0.1) is 21.0 Å². The fourth-order valence-corrected chi connectivity index (χ4v) is 7.67. The van der Waals surface area contributed by atoms with Crippen LogP contribution in [0.1, 0.15) is 39.3 Å². The number of aromatic nitrogens is 4. The van der Waals surface area contributed by atoms with E-state index in [9.17, 15) is 9.59 Å². The van der Waals surface area contributed by atoms with E-state index < -0.39 is 5.92 Å². The molecule has 44 heavy (non-hydrogen) atoms. The van der Waals surface area contributed by atoms with Crippen molar-refractivity contribution in [3.63, 3.8) is 0 Å². The summed E-state index contributed by atoms with van der Waals surface area (Å²) in [5.41, 5.74) is 7.36. The van der Waals surface area contributed by atoms with E-state index in [2.05, 4.69) is 81.5 Å². The predicted octanol–water partition coefficient (Wildman–Crippen LogP) is 8.40. The molecule has 0 saturated carbocycles. The van der Waals surface area contributed by atoms with Gasteiger partial charge in [-0.2, -0.15) is 0 Å². The van der Waals surface area contributed by atoms with Crippen LogP contribution >= 0.6 is 61.1 Å². The van der Waals surface area contributed by atoms with Gasteiger partial charge >= 0.3 is 0 Å². The Bertz CT molecular complexity index is 1940. The van der Waals surface area contributed by atoms with Crippen molar-refractivity contribution in [2.45, 2.75) is 26.4 Å². The zero-order valence-corrected chi connectivity index (χ0v) is 29.6. The van der Waals surface area contributed by atoms with E-state index in [-0.39, 0.29) is 11.1 Å². The van der Waals surface area contributed by atoms with Crippen LogP contribution in [0.4, 0.5) is 0 Å². The van der Waals surface area contributed by atoms with Gasteiger partial charge in [-0.25, -0.2) is 0 Å². The van der Waals surface area contributed by atoms with Crippen molar-refractivity contribution in [3.05, 3.63) is 151 Å². The van der Waals surface area contributed by atoms with Gasteiger partial charge in [-0.1, -0.05) is 87.7 Å². The molecule has 222 valence electrons. The van der Waals surface area contributed by atoms with Crippen LogP contribution in [-0.4, -0.2) is 20.4 Å². The van der Waals surface area contributed by atoms with E-state index in [1.54, 1.807) is 0 Å². The monoisotopic (exact) mass is 872 g/mol. The molecule has 0 bridgehead atoms. The topological polar surface area (TPSA) is 107 Å². The van der Waals surface area contributed by atoms with Gasteiger partial charge in [0, 0.05) is 10.4 Å². The molecule has 0 atom stereocenters. The van der Waals surface area contributed by atoms with Crippen molar-refractivity contribution in [1.82, 2.24) is 20.4 Å². The van der Waals surface area contributed by atoms with Crippen molar-refractivity contribution >= 4 is 61.1 Å². The minimum absolute atomic E-state index is 0.290. The van der Waals surface area contributed by atoms with E-state index in [0.29, 0.717) is 29.1 Å². The van der Waals surface area contributed by atoms with Gasteiger partial charge in [0.05, 0.1) is 29.7 Å². The lowest BCUT2D eigenvalue weighted by Gasteiger charge is -2.20. The largest absolute Gasteiger partial charge is 0.487 e. The number of aryl methyl sites for hydroxylation is 2. The molecule has 2 aromatic heterocycles. The van der Waals surface area contributed by atoms with Gasteiger partial charge in [-0.15, -0.1) is 0 Å². The molecule has 4 N–H and O–H groups in total. The van der Waals surface area contributed by atoms with Gasteiger partial charge in [0.1, 0.15) is 12.4 Å². The Morgan fingerprint density at radius 2 is 1.14 bits per heavy atom. The molecular weight excluding hydrogens is 846 g/mol. The van der Waals surface area contributed by atoms with Gasteiger partial charge < -0.3 is 4.74 Å². The molecule has 6 aromatic rings. The van der Waals surface area contributed by atoms with Crippen LogP contribution in [-0.2, 0) is 6.61 Å². The van der Waals surface area contributed by atoms with Gasteiger partial charge in [0.15, 0.2) is 0 Å². The maximum Gasteiger partial charge on any atom is 0.268 e. The van der Waals surface area contributed by atoms with Gasteiger partial charge in [0.2, 0.25) is 0 Å². The average molecular weight is 873 g/mol. The number of halogens is 3. The molecule has 0 aliphatic carbocycles. The first kappa shape index (κ1) is 30.7. The van der Waals surface area contributed by atoms with Crippen LogP contribution in [0.25, 0.3) is 22.5 Å². The summed E-state index contributed by atoms with van der Waals surface area (Å²) in [5, 5.41) is 11.8. The fraction of sp³-hybridized carbons (Fsp3) is 0.118. The Kier molecular flexibility index (Phi) is 9.01. The lowest BCUT2D eigenvalue weighted by atomic mass is 9.83. The van der Waals surface area contributed by atoms with Crippen LogP contribution < -0.4 is 15.9 Å². The summed E-state index contributed by atoms with van der Waals surface area (Å²) >= 11 is 8.02. The van der Waals surface area contributed by atoms with Crippen LogP contribution in [0.2, 0.25) is 0 Å². The highest BCUT2D eigenvalue weighted by molar-refractivity contribution is 14.1. The molecule has 0 saturated heterocycles. The van der Waals surface area contributed by atoms with Gasteiger partial charge in [0.25, 0.3) is 11.1 Å². The second kappa shape index (κ2) is 12.9. The first-order valence-electron chi connectivity index (χ1n) is 13.8. The number of benzene rings is 4. The third kappa shape index (κ3) is 6.24. The van der Waals surface area contributed by atoms with E-state index in [0.717, 1.165) is 50.7 Å². The Hall–Kier alpha value is -3.36. The van der Waals surface area contributed by atoms with Crippen molar-refractivity contribution in [1.29, 1.82) is 0 Å². The minimum atomic E-state index is -0.699. The van der Waals surface area contributed by atoms with Crippen LogP contribution in [0.15, 0.2) is 99.0 Å². The number of ether oxygens (including phenoxy) is 1. The molecule has 0 unspecified atom stereocenters. The van der Waals surface area contributed by atoms with Crippen LogP contribution in [0.3, 0.4) is 0 Å². The van der Waals surface area contributed by atoms with E-state index in [4.69, 9.17) is 4.74 Å². The lowest BCUT2D eigenvalue weighted by molar-refractivity contribution is 0.301. The summed E-state index contributed by atoms with van der Waals surface area (Å²) in [6.45, 7) is 4.45. The third-order valence-corrected chi connectivity index (χ3v) is 9.67. The van der Waals surface area contributed by atoms with Crippen molar-refractivity contribution < 1.29 is 4.74 Å². The lowest BCUT2D eigenvalue weighted by Crippen LogP contribution is -2.20. The smallest absolute Gasteiger partial charge is 0.268 e. The molecular formula is C34H27BrI2N4O3. The molecule has 10 heteroatoms. The first-order chi connectivity index (χ1) is 21.2. The quantitative estimate of drug-likeness (QED) is 0.116. The Balaban J connectivity index is 1.52. The normalized spacial score (nSPS) is 11.3. The van der Waals surface area contributed by atoms with E-state index >= 15 is 0 Å². The molecule has 6 rings (SSSR count). The standard InChI is InChI=1S/C34H27BrI2N4O3/c1-18-3-9-21(10-4-18)30-28(33(42)40-38-30)27(29-31(39-41-34(29)43)22-11-5-19(2)6-12-22)23-15-25(36)32(26(37)16-23)44-17-20-7-13-24(35)14-8-20/h3-16,27H,17H2,1-2H3,(H2,38,40,42)(H2,39,41,43). The minimum Gasteiger partial charge on any atom is -0.487 e. The molecule has 0 fully saturated rings. The zero-order chi connectivity index (χ0) is 31.0. The first-order valence-corrected chi connectivity index (χ1v) is 16.8. The second-order valence-corrected chi connectivity index (χ2v) is 13.9. The number of rotatable bonds is 8. The van der Waals surface area contributed by atoms with Gasteiger partial charge in [-0.05, 0) is 106 Å². The Morgan fingerprint density at radius 3 is 1.59 bits per heavy atom. The van der Waals surface area contributed by atoms with E-state index in [1.165, 1.54) is 0 Å². The number of H-pyrrole nitrogens is 4. The van der Waals surface area contributed by atoms with Crippen molar-refractivity contribution in [2.75, 3.05) is 0 Å². The molecule has 0 amide bonds. The highest BCUT2D eigenvalue weighted by atomic mass is 127. The summed E-state index contributed by atoms with van der Waals surface area (Å²) in [7, 11) is 0. The number of hydrogen-bond acceptors (Lipinski definition) is 3. The molecule has 0 aliphatic heterocycles. The Labute approximate surface area is 289 Å². The highest BCUT2D eigenvalue weighted by Crippen LogP contribution is 2.41. The SMILES string of the molecule is Cc1ccc(-c2[nH][nH]c(=O)c2C(c2cc(I)c(OCc3ccc(Br)cc3)c(I)c2)c2c(-c3ccc(C)cc3)[nH][nH]c2=O)cc1. The summed E-state index contributed by atoms with van der Waals surface area (Å²) in [5.74, 6) is 0.0512. The van der Waals surface area contributed by atoms with Crippen molar-refractivity contribution in [2.24, 2.45) is 0 Å². The molecule has 0 spiro atoms. The Morgan fingerprint density at radius 1 is 0.682 bits per heavy atom. The maximum atomic E-state index is 13.7. The molecule has 7 nitrogen and oxygen atoms in total. The molecule has 0 radical (unpaired) electrons. The number of hydrogen-bond donors (Lipinski definition) is 4. The summed E-state index contributed by atoms with van der Waals surface area (Å²) in [4.78, 5) is 27.3. The highest BCUT2D eigenvalue weighted by Gasteiger charge is 2.32. The summed E-state index contributed by atoms with van der Waals surface area (Å²) in [6, 6.07) is 27.9. The molecule has 0 aliphatic rings. The maximum absolute atomic E-state index is 13.7. The summed E-state index contributed by atoms with van der Waals surface area (Å²) in [6.07, 6.45) is 0. The third-order valence-electron chi connectivity index (χ3n) is 7.54. The molecule has 2 heterocycles. The summed E-state index contributed by atoms with van der Waals surface area (Å²) < 4.78 is 9.05. The number of aromatic amines is 4.